The highest BCUT2D eigenvalue weighted by Crippen LogP contribution is 2.25. The van der Waals surface area contributed by atoms with Gasteiger partial charge in [0.05, 0.1) is 12.4 Å². The summed E-state index contributed by atoms with van der Waals surface area (Å²) in [6.45, 7) is 8.98. The van der Waals surface area contributed by atoms with Crippen LogP contribution in [0.4, 0.5) is 5.69 Å². The molecule has 29 heavy (non-hydrogen) atoms. The minimum absolute atomic E-state index is 0.107. The van der Waals surface area contributed by atoms with E-state index in [0.717, 1.165) is 22.8 Å². The van der Waals surface area contributed by atoms with Crippen LogP contribution in [0.1, 0.15) is 12.5 Å². The molecule has 0 saturated heterocycles. The van der Waals surface area contributed by atoms with Crippen LogP contribution in [0.3, 0.4) is 0 Å². The first-order valence-corrected chi connectivity index (χ1v) is 10.4. The normalized spacial score (nSPS) is 10.6. The molecule has 6 nitrogen and oxygen atoms in total. The summed E-state index contributed by atoms with van der Waals surface area (Å²) in [6, 6.07) is 15.4. The molecule has 0 radical (unpaired) electrons. The molecule has 0 bridgehead atoms. The summed E-state index contributed by atoms with van der Waals surface area (Å²) >= 11 is 1.35. The van der Waals surface area contributed by atoms with E-state index < -0.39 is 0 Å². The van der Waals surface area contributed by atoms with Crippen LogP contribution in [-0.4, -0.2) is 33.0 Å². The van der Waals surface area contributed by atoms with Gasteiger partial charge in [-0.2, -0.15) is 0 Å². The minimum Gasteiger partial charge on any atom is -0.494 e. The van der Waals surface area contributed by atoms with E-state index in [9.17, 15) is 4.79 Å². The smallest absolute Gasteiger partial charge is 0.234 e. The lowest BCUT2D eigenvalue weighted by molar-refractivity contribution is -0.113. The average molecular weight is 409 g/mol. The third-order valence-electron chi connectivity index (χ3n) is 4.12. The van der Waals surface area contributed by atoms with Crippen molar-refractivity contribution in [3.05, 3.63) is 66.7 Å². The van der Waals surface area contributed by atoms with Crippen molar-refractivity contribution >= 4 is 23.4 Å². The second-order valence-corrected chi connectivity index (χ2v) is 7.31. The standard InChI is InChI=1S/C22H24N4O2S/c1-4-14-26-21(17-8-6-16(3)7-9-17)24-25-22(26)29-15-20(27)23-18-10-12-19(13-11-18)28-5-2/h4,6-13H,1,5,14-15H2,2-3H3,(H,23,27). The molecule has 7 heteroatoms. The number of carbonyl (C=O) groups excluding carboxylic acids is 1. The number of aryl methyl sites for hydroxylation is 1. The van der Waals surface area contributed by atoms with Gasteiger partial charge in [-0.25, -0.2) is 0 Å². The van der Waals surface area contributed by atoms with Crippen molar-refractivity contribution in [3.8, 4) is 17.1 Å². The number of nitrogens with zero attached hydrogens (tertiary/aromatic N) is 3. The van der Waals surface area contributed by atoms with Crippen molar-refractivity contribution in [1.29, 1.82) is 0 Å². The Labute approximate surface area is 175 Å². The molecule has 1 heterocycles. The molecule has 0 aliphatic heterocycles. The van der Waals surface area contributed by atoms with Gasteiger partial charge in [-0.05, 0) is 38.1 Å². The van der Waals surface area contributed by atoms with Crippen molar-refractivity contribution < 1.29 is 9.53 Å². The molecule has 0 spiro atoms. The van der Waals surface area contributed by atoms with Gasteiger partial charge in [-0.15, -0.1) is 16.8 Å². The van der Waals surface area contributed by atoms with Gasteiger partial charge in [-0.3, -0.25) is 9.36 Å². The number of hydrogen-bond acceptors (Lipinski definition) is 5. The van der Waals surface area contributed by atoms with Crippen LogP contribution in [0, 0.1) is 6.92 Å². The number of ether oxygens (including phenoxy) is 1. The minimum atomic E-state index is -0.107. The first kappa shape index (κ1) is 20.7. The highest BCUT2D eigenvalue weighted by atomic mass is 32.2. The highest BCUT2D eigenvalue weighted by Gasteiger charge is 2.15. The number of rotatable bonds is 9. The molecule has 3 aromatic rings. The van der Waals surface area contributed by atoms with Crippen molar-refractivity contribution in [2.75, 3.05) is 17.7 Å². The molecule has 2 aromatic carbocycles. The number of thioether (sulfide) groups is 1. The van der Waals surface area contributed by atoms with Crippen molar-refractivity contribution in [2.45, 2.75) is 25.5 Å². The lowest BCUT2D eigenvalue weighted by Gasteiger charge is -2.09. The topological polar surface area (TPSA) is 69.0 Å². The molecule has 0 aliphatic rings. The summed E-state index contributed by atoms with van der Waals surface area (Å²) in [6.07, 6.45) is 1.80. The second-order valence-electron chi connectivity index (χ2n) is 6.37. The molecule has 0 atom stereocenters. The maximum atomic E-state index is 12.3. The van der Waals surface area contributed by atoms with E-state index in [0.29, 0.717) is 18.3 Å². The van der Waals surface area contributed by atoms with Gasteiger partial charge in [-0.1, -0.05) is 47.7 Å². The fraction of sp³-hybridized carbons (Fsp3) is 0.227. The number of anilines is 1. The molecule has 0 fully saturated rings. The zero-order valence-electron chi connectivity index (χ0n) is 16.6. The third-order valence-corrected chi connectivity index (χ3v) is 5.09. The van der Waals surface area contributed by atoms with Gasteiger partial charge >= 0.3 is 0 Å². The van der Waals surface area contributed by atoms with Crippen LogP contribution in [-0.2, 0) is 11.3 Å². The molecule has 0 aliphatic carbocycles. The number of hydrogen-bond donors (Lipinski definition) is 1. The van der Waals surface area contributed by atoms with Crippen molar-refractivity contribution in [2.24, 2.45) is 0 Å². The summed E-state index contributed by atoms with van der Waals surface area (Å²) in [5.41, 5.74) is 2.90. The molecule has 1 aromatic heterocycles. The van der Waals surface area contributed by atoms with E-state index in [2.05, 4.69) is 22.1 Å². The first-order chi connectivity index (χ1) is 14.1. The van der Waals surface area contributed by atoms with Crippen molar-refractivity contribution in [3.63, 3.8) is 0 Å². The fourth-order valence-corrected chi connectivity index (χ4v) is 3.48. The monoisotopic (exact) mass is 408 g/mol. The van der Waals surface area contributed by atoms with Gasteiger partial charge in [0.25, 0.3) is 0 Å². The second kappa shape index (κ2) is 9.93. The first-order valence-electron chi connectivity index (χ1n) is 9.37. The molecule has 0 unspecified atom stereocenters. The quantitative estimate of drug-likeness (QED) is 0.415. The summed E-state index contributed by atoms with van der Waals surface area (Å²) in [5, 5.41) is 12.2. The highest BCUT2D eigenvalue weighted by molar-refractivity contribution is 7.99. The Kier molecular flexibility index (Phi) is 7.08. The average Bonchev–Trinajstić information content (AvgIpc) is 3.12. The zero-order valence-corrected chi connectivity index (χ0v) is 17.4. The van der Waals surface area contributed by atoms with Gasteiger partial charge < -0.3 is 10.1 Å². The lowest BCUT2D eigenvalue weighted by atomic mass is 10.1. The lowest BCUT2D eigenvalue weighted by Crippen LogP contribution is -2.14. The van der Waals surface area contributed by atoms with Gasteiger partial charge in [0.2, 0.25) is 5.91 Å². The fourth-order valence-electron chi connectivity index (χ4n) is 2.73. The Morgan fingerprint density at radius 3 is 2.55 bits per heavy atom. The Hall–Kier alpha value is -3.06. The largest absolute Gasteiger partial charge is 0.494 e. The summed E-state index contributed by atoms with van der Waals surface area (Å²) in [7, 11) is 0. The van der Waals surface area contributed by atoms with Crippen LogP contribution >= 0.6 is 11.8 Å². The molecule has 1 N–H and O–H groups in total. The van der Waals surface area contributed by atoms with Crippen LogP contribution < -0.4 is 10.1 Å². The molecule has 150 valence electrons. The van der Waals surface area contributed by atoms with Crippen LogP contribution in [0.5, 0.6) is 5.75 Å². The van der Waals surface area contributed by atoms with Crippen LogP contribution in [0.15, 0.2) is 66.3 Å². The number of benzene rings is 2. The Morgan fingerprint density at radius 1 is 1.17 bits per heavy atom. The number of amides is 1. The maximum absolute atomic E-state index is 12.3. The van der Waals surface area contributed by atoms with E-state index in [1.54, 1.807) is 6.08 Å². The van der Waals surface area contributed by atoms with E-state index >= 15 is 0 Å². The Morgan fingerprint density at radius 2 is 1.90 bits per heavy atom. The molecule has 1 amide bonds. The van der Waals surface area contributed by atoms with Gasteiger partial charge in [0, 0.05) is 17.8 Å². The number of aromatic nitrogens is 3. The predicted molar refractivity (Wildman–Crippen MR) is 117 cm³/mol. The molecule has 0 saturated carbocycles. The summed E-state index contributed by atoms with van der Waals surface area (Å²) in [4.78, 5) is 12.3. The van der Waals surface area contributed by atoms with E-state index in [-0.39, 0.29) is 11.7 Å². The van der Waals surface area contributed by atoms with E-state index in [1.807, 2.05) is 66.9 Å². The maximum Gasteiger partial charge on any atom is 0.234 e. The third kappa shape index (κ3) is 5.48. The van der Waals surface area contributed by atoms with Crippen LogP contribution in [0.25, 0.3) is 11.4 Å². The van der Waals surface area contributed by atoms with Gasteiger partial charge in [0.1, 0.15) is 5.75 Å². The molecular formula is C22H24N4O2S. The number of allylic oxidation sites excluding steroid dienone is 1. The predicted octanol–water partition coefficient (Wildman–Crippen LogP) is 4.57. The summed E-state index contributed by atoms with van der Waals surface area (Å²) in [5.74, 6) is 1.67. The number of nitrogens with one attached hydrogen (secondary N) is 1. The number of carbonyl (C=O) groups is 1. The molecular weight excluding hydrogens is 384 g/mol. The van der Waals surface area contributed by atoms with Crippen molar-refractivity contribution in [1.82, 2.24) is 14.8 Å². The SMILES string of the molecule is C=CCn1c(SCC(=O)Nc2ccc(OCC)cc2)nnc1-c1ccc(C)cc1. The Balaban J connectivity index is 1.65. The van der Waals surface area contributed by atoms with E-state index in [4.69, 9.17) is 4.74 Å². The van der Waals surface area contributed by atoms with Crippen LogP contribution in [0.2, 0.25) is 0 Å². The van der Waals surface area contributed by atoms with Gasteiger partial charge in [0.15, 0.2) is 11.0 Å². The molecule has 3 rings (SSSR count). The summed E-state index contributed by atoms with van der Waals surface area (Å²) < 4.78 is 7.37. The van der Waals surface area contributed by atoms with E-state index in [1.165, 1.54) is 17.3 Å². The Bertz CT molecular complexity index is 965. The zero-order chi connectivity index (χ0) is 20.6.